The largest absolute Gasteiger partial charge is 0.497 e. The number of nitrogens with zero attached hydrogens (tertiary/aromatic N) is 2. The zero-order valence-electron chi connectivity index (χ0n) is 11.1. The molecule has 2 rings (SSSR count). The Bertz CT molecular complexity index is 627. The highest BCUT2D eigenvalue weighted by molar-refractivity contribution is 9.10. The number of nitrogen functional groups attached to an aromatic ring is 1. The molecule has 0 bridgehead atoms. The van der Waals surface area contributed by atoms with E-state index < -0.39 is 6.04 Å². The molecule has 0 fully saturated rings. The second-order valence-electron chi connectivity index (χ2n) is 4.26. The van der Waals surface area contributed by atoms with Crippen molar-refractivity contribution in [1.82, 2.24) is 9.78 Å². The molecule has 1 amide bonds. The van der Waals surface area contributed by atoms with Crippen LogP contribution in [0.5, 0.6) is 5.75 Å². The van der Waals surface area contributed by atoms with Gasteiger partial charge in [0.2, 0.25) is 5.91 Å². The van der Waals surface area contributed by atoms with Gasteiger partial charge in [0.25, 0.3) is 0 Å². The molecule has 0 spiro atoms. The molecule has 0 saturated heterocycles. The van der Waals surface area contributed by atoms with Gasteiger partial charge in [-0.3, -0.25) is 9.48 Å². The first-order chi connectivity index (χ1) is 9.51. The van der Waals surface area contributed by atoms with Crippen LogP contribution in [0.25, 0.3) is 0 Å². The number of carbonyl (C=O) groups is 1. The minimum Gasteiger partial charge on any atom is -0.497 e. The molecule has 20 heavy (non-hydrogen) atoms. The van der Waals surface area contributed by atoms with Gasteiger partial charge >= 0.3 is 0 Å². The molecule has 1 atom stereocenters. The number of benzene rings is 1. The smallest absolute Gasteiger partial charge is 0.249 e. The third kappa shape index (κ3) is 3.11. The van der Waals surface area contributed by atoms with Crippen LogP contribution in [0.1, 0.15) is 13.0 Å². The van der Waals surface area contributed by atoms with Gasteiger partial charge in [0.15, 0.2) is 0 Å². The summed E-state index contributed by atoms with van der Waals surface area (Å²) in [6.07, 6.45) is 3.37. The molecule has 6 nitrogen and oxygen atoms in total. The summed E-state index contributed by atoms with van der Waals surface area (Å²) in [7, 11) is 1.56. The number of nitrogens with one attached hydrogen (secondary N) is 1. The molecule has 106 valence electrons. The maximum Gasteiger partial charge on any atom is 0.249 e. The monoisotopic (exact) mass is 338 g/mol. The number of aromatic nitrogens is 2. The van der Waals surface area contributed by atoms with Crippen molar-refractivity contribution in [2.24, 2.45) is 0 Å². The van der Waals surface area contributed by atoms with E-state index in [1.807, 2.05) is 0 Å². The lowest BCUT2D eigenvalue weighted by Gasteiger charge is -2.14. The number of halogens is 1. The van der Waals surface area contributed by atoms with Gasteiger partial charge in [-0.25, -0.2) is 0 Å². The minimum atomic E-state index is -0.442. The van der Waals surface area contributed by atoms with E-state index in [0.29, 0.717) is 17.1 Å². The van der Waals surface area contributed by atoms with Crippen LogP contribution in [-0.2, 0) is 4.79 Å². The molecule has 1 heterocycles. The fraction of sp³-hybridized carbons (Fsp3) is 0.231. The van der Waals surface area contributed by atoms with Crippen molar-refractivity contribution in [2.45, 2.75) is 13.0 Å². The standard InChI is InChI=1S/C13H15BrN4O2/c1-8(18-7-9(14)6-16-18)13(19)17-12-4-3-10(20-2)5-11(12)15/h3-8H,15H2,1-2H3,(H,17,19). The molecule has 0 aliphatic carbocycles. The Morgan fingerprint density at radius 1 is 1.55 bits per heavy atom. The molecule has 7 heteroatoms. The topological polar surface area (TPSA) is 82.2 Å². The highest BCUT2D eigenvalue weighted by Crippen LogP contribution is 2.25. The molecule has 2 aromatic rings. The van der Waals surface area contributed by atoms with Gasteiger partial charge in [-0.15, -0.1) is 0 Å². The molecule has 1 unspecified atom stereocenters. The normalized spacial score (nSPS) is 11.9. The van der Waals surface area contributed by atoms with E-state index in [1.54, 1.807) is 49.3 Å². The molecule has 0 radical (unpaired) electrons. The first-order valence-corrected chi connectivity index (χ1v) is 6.74. The number of anilines is 2. The van der Waals surface area contributed by atoms with Crippen LogP contribution in [0.3, 0.4) is 0 Å². The lowest BCUT2D eigenvalue weighted by atomic mass is 10.2. The maximum absolute atomic E-state index is 12.2. The number of methoxy groups -OCH3 is 1. The van der Waals surface area contributed by atoms with Gasteiger partial charge in [-0.05, 0) is 35.0 Å². The number of hydrogen-bond donors (Lipinski definition) is 2. The SMILES string of the molecule is COc1ccc(NC(=O)C(C)n2cc(Br)cn2)c(N)c1. The highest BCUT2D eigenvalue weighted by Gasteiger charge is 2.16. The third-order valence-electron chi connectivity index (χ3n) is 2.86. The van der Waals surface area contributed by atoms with Gasteiger partial charge in [0, 0.05) is 12.3 Å². The van der Waals surface area contributed by atoms with Gasteiger partial charge < -0.3 is 15.8 Å². The fourth-order valence-corrected chi connectivity index (χ4v) is 1.97. The van der Waals surface area contributed by atoms with Crippen molar-refractivity contribution in [3.05, 3.63) is 35.1 Å². The van der Waals surface area contributed by atoms with E-state index in [2.05, 4.69) is 26.3 Å². The summed E-state index contributed by atoms with van der Waals surface area (Å²) in [6, 6.07) is 4.66. The Morgan fingerprint density at radius 3 is 2.85 bits per heavy atom. The Labute approximate surface area is 125 Å². The lowest BCUT2D eigenvalue weighted by molar-refractivity contribution is -0.119. The van der Waals surface area contributed by atoms with Crippen LogP contribution in [0.2, 0.25) is 0 Å². The van der Waals surface area contributed by atoms with Gasteiger partial charge in [-0.1, -0.05) is 0 Å². The van der Waals surface area contributed by atoms with Crippen LogP contribution in [0, 0.1) is 0 Å². The van der Waals surface area contributed by atoms with Crippen molar-refractivity contribution in [3.8, 4) is 5.75 Å². The van der Waals surface area contributed by atoms with E-state index >= 15 is 0 Å². The minimum absolute atomic E-state index is 0.197. The van der Waals surface area contributed by atoms with Gasteiger partial charge in [-0.2, -0.15) is 5.10 Å². The lowest BCUT2D eigenvalue weighted by Crippen LogP contribution is -2.24. The summed E-state index contributed by atoms with van der Waals surface area (Å²) in [6.45, 7) is 1.76. The van der Waals surface area contributed by atoms with E-state index in [4.69, 9.17) is 10.5 Å². The van der Waals surface area contributed by atoms with Gasteiger partial charge in [0.05, 0.1) is 29.2 Å². The molecule has 1 aromatic heterocycles. The maximum atomic E-state index is 12.2. The van der Waals surface area contributed by atoms with Crippen LogP contribution in [-0.4, -0.2) is 22.8 Å². The predicted octanol–water partition coefficient (Wildman–Crippen LogP) is 2.44. The zero-order valence-corrected chi connectivity index (χ0v) is 12.7. The highest BCUT2D eigenvalue weighted by atomic mass is 79.9. The molecule has 0 aliphatic heterocycles. The molecule has 1 aromatic carbocycles. The predicted molar refractivity (Wildman–Crippen MR) is 80.7 cm³/mol. The van der Waals surface area contributed by atoms with Gasteiger partial charge in [0.1, 0.15) is 11.8 Å². The number of carbonyl (C=O) groups excluding carboxylic acids is 1. The second kappa shape index (κ2) is 5.96. The molecule has 3 N–H and O–H groups in total. The van der Waals surface area contributed by atoms with Crippen molar-refractivity contribution in [1.29, 1.82) is 0 Å². The summed E-state index contributed by atoms with van der Waals surface area (Å²) in [5.41, 5.74) is 6.86. The van der Waals surface area contributed by atoms with Crippen molar-refractivity contribution in [2.75, 3.05) is 18.2 Å². The Morgan fingerprint density at radius 2 is 2.30 bits per heavy atom. The number of nitrogens with two attached hydrogens (primary N) is 1. The van der Waals surface area contributed by atoms with E-state index in [0.717, 1.165) is 4.47 Å². The van der Waals surface area contributed by atoms with Crippen molar-refractivity contribution >= 4 is 33.2 Å². The van der Waals surface area contributed by atoms with Crippen LogP contribution < -0.4 is 15.8 Å². The zero-order chi connectivity index (χ0) is 14.7. The number of hydrogen-bond acceptors (Lipinski definition) is 4. The quantitative estimate of drug-likeness (QED) is 0.839. The Kier molecular flexibility index (Phi) is 4.29. The summed E-state index contributed by atoms with van der Waals surface area (Å²) >= 11 is 3.29. The number of ether oxygens (including phenoxy) is 1. The number of amides is 1. The fourth-order valence-electron chi connectivity index (χ4n) is 1.67. The molecular weight excluding hydrogens is 324 g/mol. The van der Waals surface area contributed by atoms with Crippen LogP contribution in [0.15, 0.2) is 35.1 Å². The average Bonchev–Trinajstić information content (AvgIpc) is 2.86. The average molecular weight is 339 g/mol. The van der Waals surface area contributed by atoms with E-state index in [9.17, 15) is 4.79 Å². The Hall–Kier alpha value is -2.02. The third-order valence-corrected chi connectivity index (χ3v) is 3.27. The summed E-state index contributed by atoms with van der Waals surface area (Å²) in [5, 5.41) is 6.86. The first kappa shape index (κ1) is 14.4. The van der Waals surface area contributed by atoms with E-state index in [1.165, 1.54) is 0 Å². The van der Waals surface area contributed by atoms with Crippen molar-refractivity contribution in [3.63, 3.8) is 0 Å². The second-order valence-corrected chi connectivity index (χ2v) is 5.17. The van der Waals surface area contributed by atoms with Crippen molar-refractivity contribution < 1.29 is 9.53 Å². The first-order valence-electron chi connectivity index (χ1n) is 5.95. The number of rotatable bonds is 4. The van der Waals surface area contributed by atoms with Crippen LogP contribution >= 0.6 is 15.9 Å². The Balaban J connectivity index is 2.11. The van der Waals surface area contributed by atoms with Crippen LogP contribution in [0.4, 0.5) is 11.4 Å². The summed E-state index contributed by atoms with van der Waals surface area (Å²) in [4.78, 5) is 12.2. The molecule has 0 saturated carbocycles. The molecular formula is C13H15BrN4O2. The molecule has 0 aliphatic rings. The summed E-state index contributed by atoms with van der Waals surface area (Å²) < 4.78 is 7.45. The summed E-state index contributed by atoms with van der Waals surface area (Å²) in [5.74, 6) is 0.446. The van der Waals surface area contributed by atoms with E-state index in [-0.39, 0.29) is 5.91 Å².